The summed E-state index contributed by atoms with van der Waals surface area (Å²) in [5, 5.41) is 3.57. The van der Waals surface area contributed by atoms with E-state index in [0.29, 0.717) is 18.5 Å². The molecule has 1 heterocycles. The number of fused-ring (bicyclic) bond motifs is 1. The van der Waals surface area contributed by atoms with Gasteiger partial charge in [0, 0.05) is 16.4 Å². The molecule has 1 aromatic heterocycles. The van der Waals surface area contributed by atoms with Crippen LogP contribution < -0.4 is 14.8 Å². The largest absolute Gasteiger partial charge is 0.493 e. The molecule has 27 heavy (non-hydrogen) atoms. The van der Waals surface area contributed by atoms with E-state index in [9.17, 15) is 13.6 Å². The minimum absolute atomic E-state index is 0.0424. The summed E-state index contributed by atoms with van der Waals surface area (Å²) in [7, 11) is 1.37. The fraction of sp³-hybridized carbons (Fsp3) is 0.211. The molecule has 0 spiro atoms. The first kappa shape index (κ1) is 19.2. The lowest BCUT2D eigenvalue weighted by molar-refractivity contribution is -0.0512. The molecule has 0 aliphatic heterocycles. The molecule has 0 radical (unpaired) electrons. The Morgan fingerprint density at radius 3 is 2.74 bits per heavy atom. The van der Waals surface area contributed by atoms with Crippen molar-refractivity contribution in [1.29, 1.82) is 0 Å². The molecule has 2 aromatic carbocycles. The first-order chi connectivity index (χ1) is 13.0. The maximum absolute atomic E-state index is 12.5. The first-order valence-electron chi connectivity index (χ1n) is 8.05. The molecule has 1 N–H and O–H groups in total. The average Bonchev–Trinajstić information content (AvgIpc) is 3.04. The Kier molecular flexibility index (Phi) is 5.95. The zero-order valence-electron chi connectivity index (χ0n) is 14.3. The van der Waals surface area contributed by atoms with Crippen LogP contribution in [0.15, 0.2) is 51.4 Å². The van der Waals surface area contributed by atoms with Crippen molar-refractivity contribution in [1.82, 2.24) is 5.32 Å². The van der Waals surface area contributed by atoms with Crippen molar-refractivity contribution in [3.05, 3.63) is 58.3 Å². The topological polar surface area (TPSA) is 60.7 Å². The van der Waals surface area contributed by atoms with Gasteiger partial charge in [-0.2, -0.15) is 8.78 Å². The van der Waals surface area contributed by atoms with Gasteiger partial charge in [0.2, 0.25) is 0 Å². The number of furan rings is 1. The quantitative estimate of drug-likeness (QED) is 0.575. The molecule has 0 atom stereocenters. The minimum atomic E-state index is -2.94. The van der Waals surface area contributed by atoms with Gasteiger partial charge < -0.3 is 19.2 Å². The number of carbonyl (C=O) groups excluding carboxylic acids is 1. The number of hydrogen-bond acceptors (Lipinski definition) is 4. The monoisotopic (exact) mass is 439 g/mol. The van der Waals surface area contributed by atoms with Crippen LogP contribution in [0.4, 0.5) is 8.78 Å². The lowest BCUT2D eigenvalue weighted by atomic mass is 10.1. The van der Waals surface area contributed by atoms with Crippen molar-refractivity contribution >= 4 is 32.8 Å². The van der Waals surface area contributed by atoms with Gasteiger partial charge in [0.25, 0.3) is 5.91 Å². The van der Waals surface area contributed by atoms with Gasteiger partial charge in [-0.3, -0.25) is 4.79 Å². The number of nitrogens with one attached hydrogen (secondary N) is 1. The molecule has 5 nitrogen and oxygen atoms in total. The SMILES string of the molecule is COc1ccc(CCNC(=O)c2cc3cc(Br)ccc3o2)cc1OC(F)F. The third kappa shape index (κ3) is 4.77. The zero-order chi connectivity index (χ0) is 19.4. The number of benzene rings is 2. The Morgan fingerprint density at radius 1 is 1.19 bits per heavy atom. The van der Waals surface area contributed by atoms with Gasteiger partial charge in [-0.05, 0) is 48.4 Å². The zero-order valence-corrected chi connectivity index (χ0v) is 15.9. The van der Waals surface area contributed by atoms with Crippen LogP contribution in [-0.2, 0) is 6.42 Å². The van der Waals surface area contributed by atoms with Crippen molar-refractivity contribution in [3.63, 3.8) is 0 Å². The van der Waals surface area contributed by atoms with E-state index in [2.05, 4.69) is 26.0 Å². The Morgan fingerprint density at radius 2 is 2.00 bits per heavy atom. The number of alkyl halides is 2. The highest BCUT2D eigenvalue weighted by Crippen LogP contribution is 2.29. The lowest BCUT2D eigenvalue weighted by Gasteiger charge is -2.11. The fourth-order valence-corrected chi connectivity index (χ4v) is 2.98. The predicted octanol–water partition coefficient (Wildman–Crippen LogP) is 4.78. The molecule has 0 aliphatic rings. The van der Waals surface area contributed by atoms with Gasteiger partial charge in [0.05, 0.1) is 7.11 Å². The van der Waals surface area contributed by atoms with Gasteiger partial charge in [0.1, 0.15) is 5.58 Å². The molecule has 8 heteroatoms. The van der Waals surface area contributed by atoms with E-state index in [0.717, 1.165) is 15.4 Å². The van der Waals surface area contributed by atoms with Crippen molar-refractivity contribution in [2.45, 2.75) is 13.0 Å². The summed E-state index contributed by atoms with van der Waals surface area (Å²) in [4.78, 5) is 12.2. The number of ether oxygens (including phenoxy) is 2. The van der Waals surface area contributed by atoms with Gasteiger partial charge in [-0.1, -0.05) is 22.0 Å². The molecule has 3 aromatic rings. The third-order valence-electron chi connectivity index (χ3n) is 3.85. The van der Waals surface area contributed by atoms with Crippen molar-refractivity contribution < 1.29 is 27.5 Å². The maximum atomic E-state index is 12.5. The second kappa shape index (κ2) is 8.39. The smallest absolute Gasteiger partial charge is 0.387 e. The van der Waals surface area contributed by atoms with Crippen molar-refractivity contribution in [2.75, 3.05) is 13.7 Å². The van der Waals surface area contributed by atoms with Gasteiger partial charge >= 0.3 is 6.61 Å². The number of methoxy groups -OCH3 is 1. The molecule has 0 saturated carbocycles. The number of carbonyl (C=O) groups is 1. The normalized spacial score (nSPS) is 11.0. The summed E-state index contributed by atoms with van der Waals surface area (Å²) in [6.45, 7) is -2.64. The predicted molar refractivity (Wildman–Crippen MR) is 99.6 cm³/mol. The Bertz CT molecular complexity index is 958. The second-order valence-corrected chi connectivity index (χ2v) is 6.58. The lowest BCUT2D eigenvalue weighted by Crippen LogP contribution is -2.25. The van der Waals surface area contributed by atoms with Crippen molar-refractivity contribution in [3.8, 4) is 11.5 Å². The minimum Gasteiger partial charge on any atom is -0.493 e. The van der Waals surface area contributed by atoms with Crippen LogP contribution in [0, 0.1) is 0 Å². The number of amides is 1. The summed E-state index contributed by atoms with van der Waals surface area (Å²) in [5.74, 6) is 0.0372. The molecule has 142 valence electrons. The summed E-state index contributed by atoms with van der Waals surface area (Å²) < 4.78 is 40.8. The third-order valence-corrected chi connectivity index (χ3v) is 4.34. The molecule has 0 saturated heterocycles. The Balaban J connectivity index is 1.62. The highest BCUT2D eigenvalue weighted by atomic mass is 79.9. The van der Waals surface area contributed by atoms with Crippen LogP contribution in [0.2, 0.25) is 0 Å². The molecule has 0 bridgehead atoms. The van der Waals surface area contributed by atoms with Gasteiger partial charge in [-0.15, -0.1) is 0 Å². The molecule has 0 unspecified atom stereocenters. The number of halogens is 3. The Hall–Kier alpha value is -2.61. The first-order valence-corrected chi connectivity index (χ1v) is 8.84. The summed E-state index contributed by atoms with van der Waals surface area (Å²) in [5.41, 5.74) is 1.34. The van der Waals surface area contributed by atoms with E-state index in [4.69, 9.17) is 9.15 Å². The van der Waals surface area contributed by atoms with E-state index in [1.165, 1.54) is 13.2 Å². The summed E-state index contributed by atoms with van der Waals surface area (Å²) in [6.07, 6.45) is 0.432. The average molecular weight is 440 g/mol. The number of hydrogen-bond donors (Lipinski definition) is 1. The highest BCUT2D eigenvalue weighted by molar-refractivity contribution is 9.10. The number of rotatable bonds is 7. The van der Waals surface area contributed by atoms with Crippen molar-refractivity contribution in [2.24, 2.45) is 0 Å². The standard InChI is InChI=1S/C19H16BrF2NO4/c1-25-15-4-2-11(8-16(15)27-19(21)22)6-7-23-18(24)17-10-12-9-13(20)3-5-14(12)26-17/h2-5,8-10,19H,6-7H2,1H3,(H,23,24). The van der Waals surface area contributed by atoms with E-state index < -0.39 is 6.61 Å². The molecule has 0 fully saturated rings. The molecular formula is C19H16BrF2NO4. The van der Waals surface area contributed by atoms with E-state index >= 15 is 0 Å². The summed E-state index contributed by atoms with van der Waals surface area (Å²) in [6, 6.07) is 11.9. The highest BCUT2D eigenvalue weighted by Gasteiger charge is 2.14. The van der Waals surface area contributed by atoms with Crippen LogP contribution in [0.1, 0.15) is 16.1 Å². The fourth-order valence-electron chi connectivity index (χ4n) is 2.60. The van der Waals surface area contributed by atoms with Gasteiger partial charge in [-0.25, -0.2) is 0 Å². The maximum Gasteiger partial charge on any atom is 0.387 e. The molecule has 3 rings (SSSR count). The van der Waals surface area contributed by atoms with E-state index in [1.54, 1.807) is 24.3 Å². The van der Waals surface area contributed by atoms with Crippen LogP contribution in [0.25, 0.3) is 11.0 Å². The molecule has 1 amide bonds. The Labute approximate surface area is 162 Å². The molecular weight excluding hydrogens is 424 g/mol. The van der Waals surface area contributed by atoms with E-state index in [1.807, 2.05) is 12.1 Å². The molecule has 0 aliphatic carbocycles. The van der Waals surface area contributed by atoms with Crippen LogP contribution in [0.3, 0.4) is 0 Å². The van der Waals surface area contributed by atoms with Crippen LogP contribution >= 0.6 is 15.9 Å². The van der Waals surface area contributed by atoms with Gasteiger partial charge in [0.15, 0.2) is 17.3 Å². The second-order valence-electron chi connectivity index (χ2n) is 5.66. The van der Waals surface area contributed by atoms with Crippen LogP contribution in [-0.4, -0.2) is 26.2 Å². The summed E-state index contributed by atoms with van der Waals surface area (Å²) >= 11 is 3.37. The van der Waals surface area contributed by atoms with E-state index in [-0.39, 0.29) is 23.2 Å². The van der Waals surface area contributed by atoms with Crippen LogP contribution in [0.5, 0.6) is 11.5 Å².